The van der Waals surface area contributed by atoms with Gasteiger partial charge in [0.25, 0.3) is 0 Å². The Labute approximate surface area is 120 Å². The van der Waals surface area contributed by atoms with Crippen LogP contribution in [-0.2, 0) is 9.59 Å². The van der Waals surface area contributed by atoms with E-state index in [2.05, 4.69) is 10.6 Å². The van der Waals surface area contributed by atoms with Crippen molar-refractivity contribution < 1.29 is 9.59 Å². The maximum absolute atomic E-state index is 12.4. The standard InChI is InChI=1S/C14H26N4O2/c1-10(14(20)17-11-5-3-2-4-6-11)18-8-7-16-9-12(18)13(15)19/h10-12,16H,2-9H2,1H3,(H2,15,19)(H,17,20). The molecule has 1 aliphatic heterocycles. The number of carbonyl (C=O) groups is 2. The van der Waals surface area contributed by atoms with E-state index in [0.29, 0.717) is 19.1 Å². The van der Waals surface area contributed by atoms with Gasteiger partial charge in [0.15, 0.2) is 0 Å². The molecule has 0 radical (unpaired) electrons. The molecule has 2 amide bonds. The summed E-state index contributed by atoms with van der Waals surface area (Å²) < 4.78 is 0. The maximum atomic E-state index is 12.4. The Balaban J connectivity index is 1.92. The van der Waals surface area contributed by atoms with Crippen LogP contribution < -0.4 is 16.4 Å². The van der Waals surface area contributed by atoms with Crippen molar-refractivity contribution >= 4 is 11.8 Å². The van der Waals surface area contributed by atoms with Gasteiger partial charge in [-0.05, 0) is 19.8 Å². The number of hydrogen-bond acceptors (Lipinski definition) is 4. The van der Waals surface area contributed by atoms with Crippen LogP contribution >= 0.6 is 0 Å². The highest BCUT2D eigenvalue weighted by molar-refractivity contribution is 5.84. The SMILES string of the molecule is CC(C(=O)NC1CCCCC1)N1CCNCC1C(N)=O. The van der Waals surface area contributed by atoms with E-state index in [-0.39, 0.29) is 17.9 Å². The molecule has 20 heavy (non-hydrogen) atoms. The molecule has 6 nitrogen and oxygen atoms in total. The summed E-state index contributed by atoms with van der Waals surface area (Å²) in [4.78, 5) is 25.8. The van der Waals surface area contributed by atoms with Crippen molar-refractivity contribution in [2.75, 3.05) is 19.6 Å². The first-order valence-corrected chi connectivity index (χ1v) is 7.65. The van der Waals surface area contributed by atoms with Gasteiger partial charge >= 0.3 is 0 Å². The monoisotopic (exact) mass is 282 g/mol. The van der Waals surface area contributed by atoms with Crippen molar-refractivity contribution in [1.82, 2.24) is 15.5 Å². The van der Waals surface area contributed by atoms with Gasteiger partial charge in [-0.25, -0.2) is 0 Å². The van der Waals surface area contributed by atoms with Crippen LogP contribution in [0.2, 0.25) is 0 Å². The summed E-state index contributed by atoms with van der Waals surface area (Å²) >= 11 is 0. The topological polar surface area (TPSA) is 87.5 Å². The first-order chi connectivity index (χ1) is 9.59. The van der Waals surface area contributed by atoms with Gasteiger partial charge in [0.1, 0.15) is 6.04 Å². The summed E-state index contributed by atoms with van der Waals surface area (Å²) in [6, 6.07) is -0.402. The molecule has 2 fully saturated rings. The van der Waals surface area contributed by atoms with Crippen LogP contribution in [0.1, 0.15) is 39.0 Å². The zero-order valence-electron chi connectivity index (χ0n) is 12.2. The van der Waals surface area contributed by atoms with Crippen LogP contribution in [0.25, 0.3) is 0 Å². The Morgan fingerprint density at radius 3 is 2.65 bits per heavy atom. The van der Waals surface area contributed by atoms with Gasteiger partial charge in [0.2, 0.25) is 11.8 Å². The molecule has 2 aliphatic rings. The van der Waals surface area contributed by atoms with Gasteiger partial charge in [-0.3, -0.25) is 14.5 Å². The average Bonchev–Trinajstić information content (AvgIpc) is 2.47. The Morgan fingerprint density at radius 1 is 1.30 bits per heavy atom. The minimum absolute atomic E-state index is 0.0186. The molecule has 2 rings (SSSR count). The minimum atomic E-state index is -0.393. The molecule has 1 saturated carbocycles. The molecule has 0 bridgehead atoms. The summed E-state index contributed by atoms with van der Waals surface area (Å²) in [6.45, 7) is 3.84. The maximum Gasteiger partial charge on any atom is 0.237 e. The van der Waals surface area contributed by atoms with Gasteiger partial charge in [-0.15, -0.1) is 0 Å². The average molecular weight is 282 g/mol. The number of primary amides is 1. The van der Waals surface area contributed by atoms with Crippen LogP contribution in [0, 0.1) is 0 Å². The van der Waals surface area contributed by atoms with E-state index in [9.17, 15) is 9.59 Å². The molecule has 2 atom stereocenters. The van der Waals surface area contributed by atoms with Crippen LogP contribution in [0.5, 0.6) is 0 Å². The summed E-state index contributed by atoms with van der Waals surface area (Å²) in [7, 11) is 0. The summed E-state index contributed by atoms with van der Waals surface area (Å²) in [6.07, 6.45) is 5.79. The third-order valence-electron chi connectivity index (χ3n) is 4.44. The predicted molar refractivity (Wildman–Crippen MR) is 77.0 cm³/mol. The highest BCUT2D eigenvalue weighted by Gasteiger charge is 2.34. The van der Waals surface area contributed by atoms with Crippen molar-refractivity contribution in [2.24, 2.45) is 5.73 Å². The number of amides is 2. The van der Waals surface area contributed by atoms with Crippen molar-refractivity contribution in [3.8, 4) is 0 Å². The zero-order chi connectivity index (χ0) is 14.5. The number of hydrogen-bond donors (Lipinski definition) is 3. The van der Waals surface area contributed by atoms with E-state index < -0.39 is 6.04 Å². The molecule has 0 spiro atoms. The summed E-state index contributed by atoms with van der Waals surface area (Å²) in [5, 5.41) is 6.27. The predicted octanol–water partition coefficient (Wildman–Crippen LogP) is -0.417. The second-order valence-electron chi connectivity index (χ2n) is 5.88. The second kappa shape index (κ2) is 7.04. The quantitative estimate of drug-likeness (QED) is 0.654. The zero-order valence-corrected chi connectivity index (χ0v) is 12.2. The summed E-state index contributed by atoms with van der Waals surface area (Å²) in [5.41, 5.74) is 5.43. The third-order valence-corrected chi connectivity index (χ3v) is 4.44. The number of piperazine rings is 1. The first-order valence-electron chi connectivity index (χ1n) is 7.65. The molecular weight excluding hydrogens is 256 g/mol. The number of nitrogens with two attached hydrogens (primary N) is 1. The lowest BCUT2D eigenvalue weighted by molar-refractivity contribution is -0.132. The Kier molecular flexibility index (Phi) is 5.37. The lowest BCUT2D eigenvalue weighted by Gasteiger charge is -2.38. The smallest absolute Gasteiger partial charge is 0.237 e. The van der Waals surface area contributed by atoms with E-state index in [0.717, 1.165) is 19.4 Å². The highest BCUT2D eigenvalue weighted by atomic mass is 16.2. The Morgan fingerprint density at radius 2 is 2.00 bits per heavy atom. The Bertz CT molecular complexity index is 355. The van der Waals surface area contributed by atoms with E-state index >= 15 is 0 Å². The fourth-order valence-electron chi connectivity index (χ4n) is 3.17. The molecule has 2 unspecified atom stereocenters. The van der Waals surface area contributed by atoms with Crippen LogP contribution in [0.3, 0.4) is 0 Å². The van der Waals surface area contributed by atoms with Crippen molar-refractivity contribution in [1.29, 1.82) is 0 Å². The summed E-state index contributed by atoms with van der Waals surface area (Å²) in [5.74, 6) is -0.348. The van der Waals surface area contributed by atoms with Crippen molar-refractivity contribution in [2.45, 2.75) is 57.2 Å². The number of rotatable bonds is 4. The lowest BCUT2D eigenvalue weighted by atomic mass is 9.95. The van der Waals surface area contributed by atoms with Crippen LogP contribution in [0.4, 0.5) is 0 Å². The van der Waals surface area contributed by atoms with E-state index in [4.69, 9.17) is 5.73 Å². The normalized spacial score (nSPS) is 26.9. The van der Waals surface area contributed by atoms with Gasteiger partial charge in [0, 0.05) is 25.7 Å². The molecule has 4 N–H and O–H groups in total. The van der Waals surface area contributed by atoms with E-state index in [1.165, 1.54) is 19.3 Å². The molecule has 6 heteroatoms. The van der Waals surface area contributed by atoms with Crippen LogP contribution in [-0.4, -0.2) is 54.5 Å². The van der Waals surface area contributed by atoms with Gasteiger partial charge in [0.05, 0.1) is 6.04 Å². The van der Waals surface area contributed by atoms with Crippen molar-refractivity contribution in [3.05, 3.63) is 0 Å². The second-order valence-corrected chi connectivity index (χ2v) is 5.88. The largest absolute Gasteiger partial charge is 0.368 e. The minimum Gasteiger partial charge on any atom is -0.368 e. The van der Waals surface area contributed by atoms with Crippen molar-refractivity contribution in [3.63, 3.8) is 0 Å². The van der Waals surface area contributed by atoms with Crippen LogP contribution in [0.15, 0.2) is 0 Å². The molecule has 1 aliphatic carbocycles. The Hall–Kier alpha value is -1.14. The van der Waals surface area contributed by atoms with E-state index in [1.54, 1.807) is 0 Å². The fraction of sp³-hybridized carbons (Fsp3) is 0.857. The molecule has 0 aromatic carbocycles. The lowest BCUT2D eigenvalue weighted by Crippen LogP contribution is -2.62. The molecule has 1 saturated heterocycles. The molecule has 1 heterocycles. The number of nitrogens with one attached hydrogen (secondary N) is 2. The fourth-order valence-corrected chi connectivity index (χ4v) is 3.17. The van der Waals surface area contributed by atoms with Gasteiger partial charge in [-0.2, -0.15) is 0 Å². The number of carbonyl (C=O) groups excluding carboxylic acids is 2. The molecule has 0 aromatic heterocycles. The highest BCUT2D eigenvalue weighted by Crippen LogP contribution is 2.18. The molecule has 0 aromatic rings. The van der Waals surface area contributed by atoms with Gasteiger partial charge < -0.3 is 16.4 Å². The molecular formula is C14H26N4O2. The first kappa shape index (κ1) is 15.3. The molecule has 114 valence electrons. The van der Waals surface area contributed by atoms with Gasteiger partial charge in [-0.1, -0.05) is 19.3 Å². The van der Waals surface area contributed by atoms with E-state index in [1.807, 2.05) is 11.8 Å². The number of nitrogens with zero attached hydrogens (tertiary/aromatic N) is 1. The third kappa shape index (κ3) is 3.70.